The zero-order valence-electron chi connectivity index (χ0n) is 4.14. The molecule has 1 atom stereocenters. The summed E-state index contributed by atoms with van der Waals surface area (Å²) in [6.07, 6.45) is 2.75. The molecule has 0 aliphatic carbocycles. The van der Waals surface area contributed by atoms with Gasteiger partial charge in [0.05, 0.1) is 5.44 Å². The van der Waals surface area contributed by atoms with Crippen LogP contribution in [0.4, 0.5) is 0 Å². The Morgan fingerprint density at radius 1 is 1.83 bits per heavy atom. The number of aliphatic hydroxyl groups is 1. The van der Waals surface area contributed by atoms with Gasteiger partial charge < -0.3 is 5.11 Å². The zero-order valence-corrected chi connectivity index (χ0v) is 4.96. The first-order valence-corrected chi connectivity index (χ1v) is 3.31. The standard InChI is InChI=1S/C4H10OS/c1-3-4(5)6-2/h4-5H,3H2,1-2H3. The van der Waals surface area contributed by atoms with E-state index in [9.17, 15) is 0 Å². The fourth-order valence-corrected chi connectivity index (χ4v) is 0.500. The van der Waals surface area contributed by atoms with Crippen LogP contribution in [0, 0.1) is 0 Å². The van der Waals surface area contributed by atoms with E-state index < -0.39 is 0 Å². The molecule has 0 heterocycles. The molecule has 0 spiro atoms. The van der Waals surface area contributed by atoms with Crippen LogP contribution in [0.5, 0.6) is 0 Å². The third-order valence-corrected chi connectivity index (χ3v) is 1.50. The Kier molecular flexibility index (Phi) is 3.68. The van der Waals surface area contributed by atoms with E-state index in [0.29, 0.717) is 0 Å². The van der Waals surface area contributed by atoms with Gasteiger partial charge in [-0.2, -0.15) is 0 Å². The Morgan fingerprint density at radius 3 is 2.33 bits per heavy atom. The average Bonchev–Trinajstić information content (AvgIpc) is 1.65. The van der Waals surface area contributed by atoms with Crippen molar-refractivity contribution in [3.63, 3.8) is 0 Å². The van der Waals surface area contributed by atoms with Crippen LogP contribution in [0.3, 0.4) is 0 Å². The highest BCUT2D eigenvalue weighted by atomic mass is 32.2. The minimum atomic E-state index is -0.148. The number of rotatable bonds is 2. The molecule has 0 saturated heterocycles. The SMILES string of the molecule is CCC(O)SC. The Balaban J connectivity index is 2.75. The molecule has 0 saturated carbocycles. The quantitative estimate of drug-likeness (QED) is 0.531. The van der Waals surface area contributed by atoms with E-state index in [0.717, 1.165) is 6.42 Å². The van der Waals surface area contributed by atoms with Crippen LogP contribution < -0.4 is 0 Å². The van der Waals surface area contributed by atoms with E-state index in [4.69, 9.17) is 5.11 Å². The Hall–Kier alpha value is 0.310. The van der Waals surface area contributed by atoms with Crippen molar-refractivity contribution in [1.29, 1.82) is 0 Å². The molecule has 0 aliphatic rings. The van der Waals surface area contributed by atoms with Crippen LogP contribution in [0.15, 0.2) is 0 Å². The van der Waals surface area contributed by atoms with Gasteiger partial charge in [-0.15, -0.1) is 11.8 Å². The fourth-order valence-electron chi connectivity index (χ4n) is 0.167. The van der Waals surface area contributed by atoms with Crippen LogP contribution in [-0.2, 0) is 0 Å². The molecule has 0 aromatic carbocycles. The molecule has 0 aliphatic heterocycles. The lowest BCUT2D eigenvalue weighted by molar-refractivity contribution is 0.260. The molecule has 1 unspecified atom stereocenters. The maximum Gasteiger partial charge on any atom is 0.0987 e. The van der Waals surface area contributed by atoms with Crippen LogP contribution in [0.2, 0.25) is 0 Å². The third-order valence-electron chi connectivity index (χ3n) is 0.621. The molecule has 0 aromatic rings. The molecule has 2 heteroatoms. The lowest BCUT2D eigenvalue weighted by atomic mass is 10.5. The number of hydrogen-bond acceptors (Lipinski definition) is 2. The molecular formula is C4H10OS. The van der Waals surface area contributed by atoms with Gasteiger partial charge in [-0.1, -0.05) is 6.92 Å². The van der Waals surface area contributed by atoms with Crippen molar-refractivity contribution in [2.75, 3.05) is 6.26 Å². The Labute approximate surface area is 42.8 Å². The molecular weight excluding hydrogens is 96.1 g/mol. The number of thioether (sulfide) groups is 1. The molecule has 0 fully saturated rings. The largest absolute Gasteiger partial charge is 0.382 e. The molecule has 0 aromatic heterocycles. The predicted octanol–water partition coefficient (Wildman–Crippen LogP) is 1.08. The van der Waals surface area contributed by atoms with Crippen molar-refractivity contribution in [2.24, 2.45) is 0 Å². The molecule has 0 bridgehead atoms. The van der Waals surface area contributed by atoms with Gasteiger partial charge in [-0.25, -0.2) is 0 Å². The molecule has 0 radical (unpaired) electrons. The molecule has 1 nitrogen and oxygen atoms in total. The molecule has 0 rings (SSSR count). The lowest BCUT2D eigenvalue weighted by Gasteiger charge is -1.98. The molecule has 0 amide bonds. The summed E-state index contributed by atoms with van der Waals surface area (Å²) in [7, 11) is 0. The summed E-state index contributed by atoms with van der Waals surface area (Å²) in [4.78, 5) is 0. The maximum absolute atomic E-state index is 8.63. The highest BCUT2D eigenvalue weighted by Gasteiger charge is 1.91. The first kappa shape index (κ1) is 6.31. The van der Waals surface area contributed by atoms with Crippen LogP contribution in [0.1, 0.15) is 13.3 Å². The minimum absolute atomic E-state index is 0.148. The summed E-state index contributed by atoms with van der Waals surface area (Å²) in [6, 6.07) is 0. The van der Waals surface area contributed by atoms with Crippen molar-refractivity contribution >= 4 is 11.8 Å². The summed E-state index contributed by atoms with van der Waals surface area (Å²) in [6.45, 7) is 1.96. The van der Waals surface area contributed by atoms with E-state index >= 15 is 0 Å². The van der Waals surface area contributed by atoms with Crippen molar-refractivity contribution in [3.8, 4) is 0 Å². The summed E-state index contributed by atoms with van der Waals surface area (Å²) in [5.74, 6) is 0. The maximum atomic E-state index is 8.63. The first-order valence-electron chi connectivity index (χ1n) is 2.02. The van der Waals surface area contributed by atoms with Crippen LogP contribution >= 0.6 is 11.8 Å². The van der Waals surface area contributed by atoms with Crippen LogP contribution in [-0.4, -0.2) is 16.8 Å². The Morgan fingerprint density at radius 2 is 2.33 bits per heavy atom. The van der Waals surface area contributed by atoms with Gasteiger partial charge in [0.2, 0.25) is 0 Å². The lowest BCUT2D eigenvalue weighted by Crippen LogP contribution is -1.94. The van der Waals surface area contributed by atoms with Crippen molar-refractivity contribution in [2.45, 2.75) is 18.8 Å². The predicted molar refractivity (Wildman–Crippen MR) is 29.8 cm³/mol. The van der Waals surface area contributed by atoms with Gasteiger partial charge >= 0.3 is 0 Å². The van der Waals surface area contributed by atoms with Crippen molar-refractivity contribution in [3.05, 3.63) is 0 Å². The number of aliphatic hydroxyl groups excluding tert-OH is 1. The summed E-state index contributed by atoms with van der Waals surface area (Å²) < 4.78 is 0. The normalized spacial score (nSPS) is 14.5. The molecule has 38 valence electrons. The van der Waals surface area contributed by atoms with E-state index in [1.807, 2.05) is 13.2 Å². The van der Waals surface area contributed by atoms with Gasteiger partial charge in [0, 0.05) is 0 Å². The smallest absolute Gasteiger partial charge is 0.0987 e. The average molecular weight is 106 g/mol. The van der Waals surface area contributed by atoms with E-state index in [1.165, 1.54) is 11.8 Å². The minimum Gasteiger partial charge on any atom is -0.382 e. The van der Waals surface area contributed by atoms with Crippen molar-refractivity contribution in [1.82, 2.24) is 0 Å². The highest BCUT2D eigenvalue weighted by molar-refractivity contribution is 7.99. The summed E-state index contributed by atoms with van der Waals surface area (Å²) in [5, 5.41) is 8.63. The second-order valence-corrected chi connectivity index (χ2v) is 2.11. The van der Waals surface area contributed by atoms with E-state index in [-0.39, 0.29) is 5.44 Å². The Bertz CT molecular complexity index is 26.7. The summed E-state index contributed by atoms with van der Waals surface area (Å²) >= 11 is 1.48. The zero-order chi connectivity index (χ0) is 4.99. The summed E-state index contributed by atoms with van der Waals surface area (Å²) in [5.41, 5.74) is -0.148. The van der Waals surface area contributed by atoms with Gasteiger partial charge in [0.25, 0.3) is 0 Å². The molecule has 1 N–H and O–H groups in total. The van der Waals surface area contributed by atoms with E-state index in [2.05, 4.69) is 0 Å². The van der Waals surface area contributed by atoms with Gasteiger partial charge in [-0.3, -0.25) is 0 Å². The second kappa shape index (κ2) is 3.50. The second-order valence-electron chi connectivity index (χ2n) is 1.10. The van der Waals surface area contributed by atoms with Crippen LogP contribution in [0.25, 0.3) is 0 Å². The monoisotopic (exact) mass is 106 g/mol. The highest BCUT2D eigenvalue weighted by Crippen LogP contribution is 2.03. The number of hydrogen-bond donors (Lipinski definition) is 1. The molecule has 6 heavy (non-hydrogen) atoms. The van der Waals surface area contributed by atoms with Crippen molar-refractivity contribution < 1.29 is 5.11 Å². The van der Waals surface area contributed by atoms with E-state index in [1.54, 1.807) is 0 Å². The van der Waals surface area contributed by atoms with Gasteiger partial charge in [-0.05, 0) is 12.7 Å². The van der Waals surface area contributed by atoms with Gasteiger partial charge in [0.1, 0.15) is 0 Å². The first-order chi connectivity index (χ1) is 2.81. The van der Waals surface area contributed by atoms with Gasteiger partial charge in [0.15, 0.2) is 0 Å². The third kappa shape index (κ3) is 2.54. The fraction of sp³-hybridized carbons (Fsp3) is 1.00. The topological polar surface area (TPSA) is 20.2 Å².